The van der Waals surface area contributed by atoms with Crippen molar-refractivity contribution in [3.05, 3.63) is 71.8 Å². The van der Waals surface area contributed by atoms with E-state index in [-0.39, 0.29) is 0 Å². The summed E-state index contributed by atoms with van der Waals surface area (Å²) in [6.45, 7) is 0. The Hall–Kier alpha value is -2.02. The van der Waals surface area contributed by atoms with Crippen molar-refractivity contribution in [1.82, 2.24) is 0 Å². The molecule has 1 radical (unpaired) electrons. The Morgan fingerprint density at radius 1 is 0.938 bits per heavy atom. The lowest BCUT2D eigenvalue weighted by atomic mass is 10.1. The molecule has 0 saturated carbocycles. The van der Waals surface area contributed by atoms with Crippen LogP contribution in [0.3, 0.4) is 0 Å². The molecule has 0 aliphatic heterocycles. The highest BCUT2D eigenvalue weighted by Gasteiger charge is 2.06. The molecule has 1 aliphatic rings. The summed E-state index contributed by atoms with van der Waals surface area (Å²) in [4.78, 5) is 0. The molecule has 0 bridgehead atoms. The Kier molecular flexibility index (Phi) is 2.22. The lowest BCUT2D eigenvalue weighted by Crippen LogP contribution is -1.86. The van der Waals surface area contributed by atoms with Crippen LogP contribution in [0.25, 0.3) is 0 Å². The van der Waals surface area contributed by atoms with Gasteiger partial charge in [-0.25, -0.2) is 0 Å². The number of allylic oxidation sites excluding steroid dienone is 1. The first kappa shape index (κ1) is 9.22. The van der Waals surface area contributed by atoms with Gasteiger partial charge in [0.15, 0.2) is 0 Å². The second-order valence-corrected chi connectivity index (χ2v) is 3.79. The van der Waals surface area contributed by atoms with Crippen molar-refractivity contribution in [3.63, 3.8) is 0 Å². The van der Waals surface area contributed by atoms with Gasteiger partial charge in [0.25, 0.3) is 0 Å². The topological polar surface area (TPSA) is 9.23 Å². The van der Waals surface area contributed by atoms with Gasteiger partial charge < -0.3 is 4.74 Å². The lowest BCUT2D eigenvalue weighted by Gasteiger charge is -2.06. The monoisotopic (exact) mass is 207 g/mol. The minimum atomic E-state index is 0.865. The minimum Gasteiger partial charge on any atom is -0.457 e. The van der Waals surface area contributed by atoms with Gasteiger partial charge >= 0.3 is 0 Å². The van der Waals surface area contributed by atoms with E-state index in [1.165, 1.54) is 5.56 Å². The van der Waals surface area contributed by atoms with E-state index < -0.39 is 0 Å². The third kappa shape index (κ3) is 1.72. The fraction of sp³-hybridized carbons (Fsp3) is 0.0667. The van der Waals surface area contributed by atoms with Crippen LogP contribution in [0.15, 0.2) is 54.6 Å². The van der Waals surface area contributed by atoms with Crippen LogP contribution >= 0.6 is 0 Å². The van der Waals surface area contributed by atoms with Crippen LogP contribution in [0.2, 0.25) is 0 Å². The Bertz CT molecular complexity index is 526. The molecular formula is C15H11O. The summed E-state index contributed by atoms with van der Waals surface area (Å²) >= 11 is 0. The molecule has 1 heteroatoms. The van der Waals surface area contributed by atoms with Crippen molar-refractivity contribution in [1.29, 1.82) is 0 Å². The molecule has 0 aromatic heterocycles. The van der Waals surface area contributed by atoms with E-state index in [0.717, 1.165) is 23.5 Å². The van der Waals surface area contributed by atoms with E-state index in [1.807, 2.05) is 42.5 Å². The van der Waals surface area contributed by atoms with Crippen LogP contribution in [0.5, 0.6) is 11.5 Å². The first-order valence-electron chi connectivity index (χ1n) is 5.36. The SMILES string of the molecule is [C]1=CCc2ccc(Oc3ccccc3)cc21. The van der Waals surface area contributed by atoms with Crippen molar-refractivity contribution in [3.8, 4) is 11.5 Å². The average molecular weight is 207 g/mol. The fourth-order valence-corrected chi connectivity index (χ4v) is 1.83. The molecule has 0 heterocycles. The zero-order chi connectivity index (χ0) is 10.8. The van der Waals surface area contributed by atoms with Crippen LogP contribution in [-0.2, 0) is 6.42 Å². The smallest absolute Gasteiger partial charge is 0.128 e. The maximum absolute atomic E-state index is 5.75. The molecule has 1 aliphatic carbocycles. The zero-order valence-electron chi connectivity index (χ0n) is 8.81. The molecule has 0 spiro atoms. The Labute approximate surface area is 95.0 Å². The van der Waals surface area contributed by atoms with E-state index in [9.17, 15) is 0 Å². The minimum absolute atomic E-state index is 0.865. The third-order valence-electron chi connectivity index (χ3n) is 2.64. The summed E-state index contributed by atoms with van der Waals surface area (Å²) in [5.74, 6) is 1.73. The standard InChI is InChI=1S/C15H11O/c1-2-7-14(8-3-1)16-15-10-9-12-5-4-6-13(12)11-15/h1-4,7-11H,5H2. The van der Waals surface area contributed by atoms with Crippen LogP contribution < -0.4 is 4.74 Å². The number of benzene rings is 2. The van der Waals surface area contributed by atoms with Gasteiger partial charge in [0.05, 0.1) is 0 Å². The van der Waals surface area contributed by atoms with E-state index >= 15 is 0 Å². The van der Waals surface area contributed by atoms with Crippen molar-refractivity contribution < 1.29 is 4.74 Å². The maximum Gasteiger partial charge on any atom is 0.128 e. The Balaban J connectivity index is 1.88. The summed E-state index contributed by atoms with van der Waals surface area (Å²) in [5, 5.41) is 0. The summed E-state index contributed by atoms with van der Waals surface area (Å²) in [7, 11) is 0. The van der Waals surface area contributed by atoms with Crippen LogP contribution in [-0.4, -0.2) is 0 Å². The number of hydrogen-bond acceptors (Lipinski definition) is 1. The highest BCUT2D eigenvalue weighted by Crippen LogP contribution is 2.26. The second-order valence-electron chi connectivity index (χ2n) is 3.79. The van der Waals surface area contributed by atoms with E-state index in [2.05, 4.69) is 18.2 Å². The summed E-state index contributed by atoms with van der Waals surface area (Å²) in [5.41, 5.74) is 2.47. The van der Waals surface area contributed by atoms with Crippen molar-refractivity contribution >= 4 is 0 Å². The highest BCUT2D eigenvalue weighted by molar-refractivity contribution is 5.45. The van der Waals surface area contributed by atoms with Crippen molar-refractivity contribution in [2.75, 3.05) is 0 Å². The molecular weight excluding hydrogens is 196 g/mol. The normalized spacial score (nSPS) is 12.5. The quantitative estimate of drug-likeness (QED) is 0.728. The molecule has 2 aromatic carbocycles. The summed E-state index contributed by atoms with van der Waals surface area (Å²) < 4.78 is 5.75. The largest absolute Gasteiger partial charge is 0.457 e. The number of fused-ring (bicyclic) bond motifs is 1. The molecule has 0 N–H and O–H groups in total. The average Bonchev–Trinajstić information content (AvgIpc) is 2.77. The predicted molar refractivity (Wildman–Crippen MR) is 63.6 cm³/mol. The van der Waals surface area contributed by atoms with Gasteiger partial charge in [-0.15, -0.1) is 0 Å². The first-order valence-corrected chi connectivity index (χ1v) is 5.36. The van der Waals surface area contributed by atoms with E-state index in [4.69, 9.17) is 4.74 Å². The molecule has 0 fully saturated rings. The molecule has 0 saturated heterocycles. The van der Waals surface area contributed by atoms with Crippen molar-refractivity contribution in [2.45, 2.75) is 6.42 Å². The first-order chi connectivity index (χ1) is 7.92. The zero-order valence-corrected chi connectivity index (χ0v) is 8.81. The van der Waals surface area contributed by atoms with Gasteiger partial charge in [0, 0.05) is 0 Å². The molecule has 3 rings (SSSR count). The van der Waals surface area contributed by atoms with Gasteiger partial charge in [0.1, 0.15) is 11.5 Å². The molecule has 2 aromatic rings. The Morgan fingerprint density at radius 2 is 1.81 bits per heavy atom. The van der Waals surface area contributed by atoms with Gasteiger partial charge in [-0.1, -0.05) is 30.3 Å². The summed E-state index contributed by atoms with van der Waals surface area (Å²) in [6.07, 6.45) is 6.26. The van der Waals surface area contributed by atoms with Crippen LogP contribution in [0.4, 0.5) is 0 Å². The number of rotatable bonds is 2. The van der Waals surface area contributed by atoms with E-state index in [0.29, 0.717) is 0 Å². The fourth-order valence-electron chi connectivity index (χ4n) is 1.83. The number of hydrogen-bond donors (Lipinski definition) is 0. The molecule has 1 nitrogen and oxygen atoms in total. The second kappa shape index (κ2) is 3.86. The molecule has 0 amide bonds. The number of ether oxygens (including phenoxy) is 1. The van der Waals surface area contributed by atoms with Crippen LogP contribution in [0.1, 0.15) is 11.1 Å². The number of para-hydroxylation sites is 1. The van der Waals surface area contributed by atoms with Crippen LogP contribution in [0, 0.1) is 6.08 Å². The molecule has 0 atom stereocenters. The predicted octanol–water partition coefficient (Wildman–Crippen LogP) is 3.74. The van der Waals surface area contributed by atoms with Gasteiger partial charge in [-0.2, -0.15) is 0 Å². The van der Waals surface area contributed by atoms with E-state index in [1.54, 1.807) is 0 Å². The Morgan fingerprint density at radius 3 is 2.69 bits per heavy atom. The molecule has 0 unspecified atom stereocenters. The third-order valence-corrected chi connectivity index (χ3v) is 2.64. The van der Waals surface area contributed by atoms with Gasteiger partial charge in [0.2, 0.25) is 0 Å². The molecule has 77 valence electrons. The maximum atomic E-state index is 5.75. The highest BCUT2D eigenvalue weighted by atomic mass is 16.5. The van der Waals surface area contributed by atoms with Crippen molar-refractivity contribution in [2.24, 2.45) is 0 Å². The summed E-state index contributed by atoms with van der Waals surface area (Å²) in [6, 6.07) is 16.0. The molecule has 16 heavy (non-hydrogen) atoms. The van der Waals surface area contributed by atoms with Gasteiger partial charge in [-0.05, 0) is 47.9 Å². The van der Waals surface area contributed by atoms with Gasteiger partial charge in [-0.3, -0.25) is 0 Å². The lowest BCUT2D eigenvalue weighted by molar-refractivity contribution is 0.482.